The highest BCUT2D eigenvalue weighted by atomic mass is 16.4. The fourth-order valence-corrected chi connectivity index (χ4v) is 3.41. The molecule has 0 unspecified atom stereocenters. The fourth-order valence-electron chi connectivity index (χ4n) is 3.41. The van der Waals surface area contributed by atoms with Gasteiger partial charge in [0.2, 0.25) is 23.6 Å². The molecule has 0 saturated heterocycles. The molecule has 1 aromatic carbocycles. The Hall–Kier alpha value is -3.51. The summed E-state index contributed by atoms with van der Waals surface area (Å²) in [6.07, 6.45) is 0.776. The quantitative estimate of drug-likeness (QED) is 0.151. The van der Waals surface area contributed by atoms with Gasteiger partial charge in [-0.1, -0.05) is 64.4 Å². The molecule has 12 heteroatoms. The number of rotatable bonds is 15. The third kappa shape index (κ3) is 10.6. The lowest BCUT2D eigenvalue weighted by atomic mass is 9.99. The van der Waals surface area contributed by atoms with Gasteiger partial charge >= 0.3 is 5.97 Å². The Morgan fingerprint density at radius 3 is 2.03 bits per heavy atom. The number of nitrogens with two attached hydrogens (primary N) is 1. The average Bonchev–Trinajstić information content (AvgIpc) is 2.86. The van der Waals surface area contributed by atoms with Crippen LogP contribution in [0.1, 0.15) is 39.7 Å². The van der Waals surface area contributed by atoms with E-state index in [0.29, 0.717) is 6.42 Å². The van der Waals surface area contributed by atoms with Crippen LogP contribution in [0.15, 0.2) is 30.3 Å². The largest absolute Gasteiger partial charge is 0.480 e. The summed E-state index contributed by atoms with van der Waals surface area (Å²) in [6, 6.07) is 4.58. The lowest BCUT2D eigenvalue weighted by molar-refractivity contribution is -0.144. The first-order chi connectivity index (χ1) is 17.4. The molecule has 4 amide bonds. The van der Waals surface area contributed by atoms with Gasteiger partial charge in [-0.25, -0.2) is 4.79 Å². The van der Waals surface area contributed by atoms with Gasteiger partial charge in [-0.15, -0.1) is 0 Å². The van der Waals surface area contributed by atoms with Crippen LogP contribution in [0.3, 0.4) is 0 Å². The Morgan fingerprint density at radius 2 is 1.51 bits per heavy atom. The first-order valence-electron chi connectivity index (χ1n) is 12.2. The van der Waals surface area contributed by atoms with Gasteiger partial charge in [0.25, 0.3) is 0 Å². The van der Waals surface area contributed by atoms with E-state index in [1.807, 2.05) is 30.3 Å². The van der Waals surface area contributed by atoms with Crippen molar-refractivity contribution in [3.63, 3.8) is 0 Å². The van der Waals surface area contributed by atoms with Gasteiger partial charge in [-0.2, -0.15) is 0 Å². The molecule has 0 aliphatic heterocycles. The molecule has 0 aromatic heterocycles. The smallest absolute Gasteiger partial charge is 0.326 e. The molecule has 8 N–H and O–H groups in total. The van der Waals surface area contributed by atoms with E-state index in [9.17, 15) is 34.2 Å². The summed E-state index contributed by atoms with van der Waals surface area (Å²) < 4.78 is 0. The molecule has 0 bridgehead atoms. The Balaban J connectivity index is 2.69. The zero-order chi connectivity index (χ0) is 28.1. The van der Waals surface area contributed by atoms with Crippen LogP contribution in [0.4, 0.5) is 0 Å². The number of benzene rings is 1. The van der Waals surface area contributed by atoms with Crippen molar-refractivity contribution in [2.75, 3.05) is 13.2 Å². The van der Waals surface area contributed by atoms with Crippen molar-refractivity contribution in [2.24, 2.45) is 17.6 Å². The number of aliphatic hydroxyl groups is 1. The van der Waals surface area contributed by atoms with Crippen LogP contribution in [-0.2, 0) is 30.4 Å². The van der Waals surface area contributed by atoms with E-state index in [2.05, 4.69) is 21.3 Å². The maximum atomic E-state index is 12.8. The summed E-state index contributed by atoms with van der Waals surface area (Å²) in [7, 11) is 0. The van der Waals surface area contributed by atoms with E-state index >= 15 is 0 Å². The summed E-state index contributed by atoms with van der Waals surface area (Å²) in [6.45, 7) is 5.55. The van der Waals surface area contributed by atoms with Crippen LogP contribution in [0.25, 0.3) is 0 Å². The highest BCUT2D eigenvalue weighted by molar-refractivity contribution is 5.94. The molecule has 206 valence electrons. The number of carbonyl (C=O) groups excluding carboxylic acids is 4. The molecule has 0 radical (unpaired) electrons. The van der Waals surface area contributed by atoms with Crippen molar-refractivity contribution in [2.45, 2.75) is 64.7 Å². The number of carboxylic acids is 1. The standard InChI is InChI=1S/C25H39N5O7/c1-5-15(4)21(25(36)37)30-23(34)18(13-31)28-24(35)20(14(2)3)29-19(32)12-27-22(33)17(26)11-16-9-7-6-8-10-16/h6-10,14-15,17-18,20-21,31H,5,11-13,26H2,1-4H3,(H,27,33)(H,28,35)(H,29,32)(H,30,34)(H,36,37)/t15-,17-,18-,20-,21-/m0/s1. The first kappa shape index (κ1) is 31.5. The number of amides is 4. The number of hydrogen-bond donors (Lipinski definition) is 7. The molecule has 37 heavy (non-hydrogen) atoms. The Labute approximate surface area is 216 Å². The first-order valence-corrected chi connectivity index (χ1v) is 12.2. The van der Waals surface area contributed by atoms with Gasteiger partial charge in [0.15, 0.2) is 0 Å². The Morgan fingerprint density at radius 1 is 0.892 bits per heavy atom. The van der Waals surface area contributed by atoms with Crippen molar-refractivity contribution in [1.82, 2.24) is 21.3 Å². The molecule has 0 spiro atoms. The van der Waals surface area contributed by atoms with E-state index in [-0.39, 0.29) is 12.3 Å². The molecular weight excluding hydrogens is 482 g/mol. The minimum atomic E-state index is -1.42. The molecule has 1 rings (SSSR count). The lowest BCUT2D eigenvalue weighted by Gasteiger charge is -2.26. The number of aliphatic hydroxyl groups excluding tert-OH is 1. The van der Waals surface area contributed by atoms with Crippen molar-refractivity contribution >= 4 is 29.6 Å². The Bertz CT molecular complexity index is 925. The van der Waals surface area contributed by atoms with Gasteiger partial charge in [-0.05, 0) is 23.8 Å². The zero-order valence-corrected chi connectivity index (χ0v) is 21.7. The number of carboxylic acid groups (broad SMARTS) is 1. The van der Waals surface area contributed by atoms with E-state index in [1.165, 1.54) is 0 Å². The molecule has 0 fully saturated rings. The molecule has 12 nitrogen and oxygen atoms in total. The molecule has 0 aliphatic rings. The number of nitrogens with one attached hydrogen (secondary N) is 4. The van der Waals surface area contributed by atoms with Crippen LogP contribution in [0.5, 0.6) is 0 Å². The molecule has 5 atom stereocenters. The van der Waals surface area contributed by atoms with E-state index in [4.69, 9.17) is 5.73 Å². The average molecular weight is 522 g/mol. The van der Waals surface area contributed by atoms with Gasteiger partial charge in [0, 0.05) is 0 Å². The number of hydrogen-bond acceptors (Lipinski definition) is 7. The van der Waals surface area contributed by atoms with Crippen molar-refractivity contribution < 1.29 is 34.2 Å². The summed E-state index contributed by atoms with van der Waals surface area (Å²) in [5.41, 5.74) is 6.77. The van der Waals surface area contributed by atoms with Gasteiger partial charge in [-0.3, -0.25) is 19.2 Å². The van der Waals surface area contributed by atoms with Crippen LogP contribution >= 0.6 is 0 Å². The molecule has 0 heterocycles. The predicted molar refractivity (Wildman–Crippen MR) is 136 cm³/mol. The zero-order valence-electron chi connectivity index (χ0n) is 21.7. The summed E-state index contributed by atoms with van der Waals surface area (Å²) in [5.74, 6) is -4.82. The second kappa shape index (κ2) is 15.6. The third-order valence-electron chi connectivity index (χ3n) is 5.92. The normalized spacial score (nSPS) is 15.0. The summed E-state index contributed by atoms with van der Waals surface area (Å²) in [4.78, 5) is 61.5. The molecule has 1 aromatic rings. The van der Waals surface area contributed by atoms with E-state index in [0.717, 1.165) is 5.56 Å². The fraction of sp³-hybridized carbons (Fsp3) is 0.560. The van der Waals surface area contributed by atoms with Crippen molar-refractivity contribution in [1.29, 1.82) is 0 Å². The summed E-state index contributed by atoms with van der Waals surface area (Å²) in [5, 5.41) is 28.6. The van der Waals surface area contributed by atoms with Gasteiger partial charge in [0.05, 0.1) is 19.2 Å². The van der Waals surface area contributed by atoms with Gasteiger partial charge in [0.1, 0.15) is 18.1 Å². The van der Waals surface area contributed by atoms with Crippen LogP contribution in [0, 0.1) is 11.8 Å². The highest BCUT2D eigenvalue weighted by Gasteiger charge is 2.32. The van der Waals surface area contributed by atoms with Crippen LogP contribution < -0.4 is 27.0 Å². The van der Waals surface area contributed by atoms with Gasteiger partial charge < -0.3 is 37.2 Å². The van der Waals surface area contributed by atoms with Crippen LogP contribution in [0.2, 0.25) is 0 Å². The highest BCUT2D eigenvalue weighted by Crippen LogP contribution is 2.09. The monoisotopic (exact) mass is 521 g/mol. The van der Waals surface area contributed by atoms with Crippen LogP contribution in [-0.4, -0.2) is 77.1 Å². The molecule has 0 aliphatic carbocycles. The lowest BCUT2D eigenvalue weighted by Crippen LogP contribution is -2.59. The molecular formula is C25H39N5O7. The van der Waals surface area contributed by atoms with E-state index in [1.54, 1.807) is 27.7 Å². The summed E-state index contributed by atoms with van der Waals surface area (Å²) >= 11 is 0. The second-order valence-corrected chi connectivity index (χ2v) is 9.26. The topological polar surface area (TPSA) is 200 Å². The maximum Gasteiger partial charge on any atom is 0.326 e. The third-order valence-corrected chi connectivity index (χ3v) is 5.92. The minimum absolute atomic E-state index is 0.287. The van der Waals surface area contributed by atoms with Crippen molar-refractivity contribution in [3.8, 4) is 0 Å². The SMILES string of the molecule is CC[C@H](C)[C@H](NC(=O)[C@H](CO)NC(=O)[C@@H](NC(=O)CNC(=O)[C@@H](N)Cc1ccccc1)C(C)C)C(=O)O. The molecule has 0 saturated carbocycles. The second-order valence-electron chi connectivity index (χ2n) is 9.26. The number of carbonyl (C=O) groups is 5. The number of aliphatic carboxylic acids is 1. The predicted octanol–water partition coefficient (Wildman–Crippen LogP) is -1.09. The van der Waals surface area contributed by atoms with Crippen molar-refractivity contribution in [3.05, 3.63) is 35.9 Å². The maximum absolute atomic E-state index is 12.8. The minimum Gasteiger partial charge on any atom is -0.480 e. The van der Waals surface area contributed by atoms with E-state index < -0.39 is 72.8 Å². The Kier molecular flexibility index (Phi) is 13.3.